The number of carbonyl (C=O) groups is 1. The predicted octanol–water partition coefficient (Wildman–Crippen LogP) is 4.90. The van der Waals surface area contributed by atoms with Crippen molar-refractivity contribution in [3.8, 4) is 17.7 Å². The van der Waals surface area contributed by atoms with Gasteiger partial charge >= 0.3 is 0 Å². The van der Waals surface area contributed by atoms with Gasteiger partial charge in [-0.05, 0) is 61.4 Å². The summed E-state index contributed by atoms with van der Waals surface area (Å²) in [6.07, 6.45) is 3.67. The Kier molecular flexibility index (Phi) is 6.51. The fourth-order valence-corrected chi connectivity index (χ4v) is 3.32. The molecule has 7 nitrogen and oxygen atoms in total. The highest BCUT2D eigenvalue weighted by Crippen LogP contribution is 2.25. The highest BCUT2D eigenvalue weighted by atomic mass is 16.5. The summed E-state index contributed by atoms with van der Waals surface area (Å²) in [7, 11) is 0. The average Bonchev–Trinajstić information content (AvgIpc) is 2.86. The number of hydrogen-bond donors (Lipinski definition) is 1. The van der Waals surface area contributed by atoms with Crippen LogP contribution in [0.1, 0.15) is 23.6 Å². The molecule has 0 unspecified atom stereocenters. The standard InChI is InChI=1S/C27H22N4O3/c1-3-19-9-13-22(14-10-19)34-26-23(27(33)31-15-5-4-6-24(31)30-26)16-20(17-28)25(32)29-21-11-7-18(2)8-12-21/h4-16H,3H2,1-2H3,(H,29,32). The van der Waals surface area contributed by atoms with Gasteiger partial charge in [0.1, 0.15) is 28.6 Å². The Bertz CT molecular complexity index is 1480. The minimum Gasteiger partial charge on any atom is -0.438 e. The molecule has 0 saturated heterocycles. The van der Waals surface area contributed by atoms with Gasteiger partial charge in [0.25, 0.3) is 11.5 Å². The van der Waals surface area contributed by atoms with E-state index in [9.17, 15) is 14.9 Å². The molecule has 0 atom stereocenters. The summed E-state index contributed by atoms with van der Waals surface area (Å²) in [6.45, 7) is 3.99. The number of rotatable bonds is 6. The second-order valence-electron chi connectivity index (χ2n) is 7.65. The first-order chi connectivity index (χ1) is 16.5. The molecule has 34 heavy (non-hydrogen) atoms. The zero-order valence-electron chi connectivity index (χ0n) is 18.8. The van der Waals surface area contributed by atoms with Gasteiger partial charge in [0, 0.05) is 11.9 Å². The SMILES string of the molecule is CCc1ccc(Oc2nc3ccccn3c(=O)c2C=C(C#N)C(=O)Nc2ccc(C)cc2)cc1. The van der Waals surface area contributed by atoms with Crippen LogP contribution in [0.4, 0.5) is 5.69 Å². The summed E-state index contributed by atoms with van der Waals surface area (Å²) in [4.78, 5) is 30.5. The number of benzene rings is 2. The molecular formula is C27H22N4O3. The van der Waals surface area contributed by atoms with E-state index in [4.69, 9.17) is 4.74 Å². The van der Waals surface area contributed by atoms with Crippen LogP contribution < -0.4 is 15.6 Å². The maximum absolute atomic E-state index is 13.3. The van der Waals surface area contributed by atoms with Gasteiger partial charge in [0.2, 0.25) is 5.88 Å². The molecule has 0 fully saturated rings. The third-order valence-electron chi connectivity index (χ3n) is 5.24. The molecule has 0 aliphatic rings. The van der Waals surface area contributed by atoms with Crippen LogP contribution in [0.2, 0.25) is 0 Å². The number of ether oxygens (including phenoxy) is 1. The zero-order chi connectivity index (χ0) is 24.1. The predicted molar refractivity (Wildman–Crippen MR) is 131 cm³/mol. The first-order valence-corrected chi connectivity index (χ1v) is 10.8. The molecular weight excluding hydrogens is 428 g/mol. The average molecular weight is 450 g/mol. The van der Waals surface area contributed by atoms with E-state index in [1.807, 2.05) is 37.3 Å². The summed E-state index contributed by atoms with van der Waals surface area (Å²) in [5, 5.41) is 12.4. The van der Waals surface area contributed by atoms with Gasteiger partial charge in [-0.25, -0.2) is 0 Å². The lowest BCUT2D eigenvalue weighted by atomic mass is 10.1. The molecule has 1 amide bonds. The van der Waals surface area contributed by atoms with E-state index < -0.39 is 11.5 Å². The van der Waals surface area contributed by atoms with Crippen LogP contribution in [0.3, 0.4) is 0 Å². The molecule has 0 bridgehead atoms. The van der Waals surface area contributed by atoms with Crippen molar-refractivity contribution in [2.45, 2.75) is 20.3 Å². The van der Waals surface area contributed by atoms with Crippen molar-refractivity contribution >= 4 is 23.3 Å². The second kappa shape index (κ2) is 9.84. The van der Waals surface area contributed by atoms with Crippen molar-refractivity contribution in [1.29, 1.82) is 5.26 Å². The number of nitrogens with zero attached hydrogens (tertiary/aromatic N) is 3. The van der Waals surface area contributed by atoms with E-state index in [1.54, 1.807) is 48.7 Å². The number of amides is 1. The molecule has 168 valence electrons. The Morgan fingerprint density at radius 2 is 1.85 bits per heavy atom. The molecule has 0 saturated carbocycles. The number of aryl methyl sites for hydroxylation is 2. The Hall–Kier alpha value is -4.70. The van der Waals surface area contributed by atoms with Gasteiger partial charge in [0.05, 0.1) is 0 Å². The lowest BCUT2D eigenvalue weighted by Gasteiger charge is -2.11. The van der Waals surface area contributed by atoms with E-state index in [2.05, 4.69) is 17.2 Å². The van der Waals surface area contributed by atoms with Crippen LogP contribution in [-0.4, -0.2) is 15.3 Å². The van der Waals surface area contributed by atoms with Crippen LogP contribution in [0.15, 0.2) is 83.3 Å². The van der Waals surface area contributed by atoms with Crippen LogP contribution in [0.25, 0.3) is 11.7 Å². The van der Waals surface area contributed by atoms with Crippen molar-refractivity contribution in [3.05, 3.63) is 106 Å². The van der Waals surface area contributed by atoms with Gasteiger partial charge in [-0.3, -0.25) is 14.0 Å². The summed E-state index contributed by atoms with van der Waals surface area (Å²) in [5.74, 6) is -0.139. The van der Waals surface area contributed by atoms with Crippen LogP contribution in [0, 0.1) is 18.3 Å². The molecule has 0 spiro atoms. The number of aromatic nitrogens is 2. The molecule has 2 aromatic carbocycles. The minimum absolute atomic E-state index is 0.00104. The number of hydrogen-bond acceptors (Lipinski definition) is 5. The first-order valence-electron chi connectivity index (χ1n) is 10.8. The van der Waals surface area contributed by atoms with E-state index >= 15 is 0 Å². The molecule has 2 aromatic heterocycles. The van der Waals surface area contributed by atoms with Crippen LogP contribution in [0.5, 0.6) is 11.6 Å². The largest absolute Gasteiger partial charge is 0.438 e. The van der Waals surface area contributed by atoms with Gasteiger partial charge in [0.15, 0.2) is 0 Å². The van der Waals surface area contributed by atoms with Gasteiger partial charge in [-0.1, -0.05) is 42.8 Å². The summed E-state index contributed by atoms with van der Waals surface area (Å²) in [5.41, 5.74) is 2.39. The number of pyridine rings is 1. The Labute approximate surface area is 196 Å². The van der Waals surface area contributed by atoms with Gasteiger partial charge < -0.3 is 10.1 Å². The molecule has 2 heterocycles. The van der Waals surface area contributed by atoms with E-state index in [0.717, 1.165) is 17.5 Å². The summed E-state index contributed by atoms with van der Waals surface area (Å²) >= 11 is 0. The number of carbonyl (C=O) groups excluding carboxylic acids is 1. The van der Waals surface area contributed by atoms with Crippen molar-refractivity contribution in [2.24, 2.45) is 0 Å². The third kappa shape index (κ3) is 4.87. The fourth-order valence-electron chi connectivity index (χ4n) is 3.32. The zero-order valence-corrected chi connectivity index (χ0v) is 18.8. The van der Waals surface area contributed by atoms with Crippen molar-refractivity contribution in [2.75, 3.05) is 5.32 Å². The Balaban J connectivity index is 1.77. The topological polar surface area (TPSA) is 96.5 Å². The first kappa shape index (κ1) is 22.5. The summed E-state index contributed by atoms with van der Waals surface area (Å²) < 4.78 is 7.28. The lowest BCUT2D eigenvalue weighted by molar-refractivity contribution is -0.112. The monoisotopic (exact) mass is 450 g/mol. The third-order valence-corrected chi connectivity index (χ3v) is 5.24. The summed E-state index contributed by atoms with van der Waals surface area (Å²) in [6, 6.07) is 21.6. The van der Waals surface area contributed by atoms with E-state index in [0.29, 0.717) is 17.1 Å². The molecule has 4 rings (SSSR count). The van der Waals surface area contributed by atoms with Crippen molar-refractivity contribution in [3.63, 3.8) is 0 Å². The van der Waals surface area contributed by atoms with Gasteiger partial charge in [-0.2, -0.15) is 10.2 Å². The number of anilines is 1. The highest BCUT2D eigenvalue weighted by Gasteiger charge is 2.17. The molecule has 0 aliphatic carbocycles. The molecule has 4 aromatic rings. The Morgan fingerprint density at radius 3 is 2.53 bits per heavy atom. The second-order valence-corrected chi connectivity index (χ2v) is 7.65. The number of nitrogens with one attached hydrogen (secondary N) is 1. The molecule has 1 N–H and O–H groups in total. The smallest absolute Gasteiger partial charge is 0.269 e. The van der Waals surface area contributed by atoms with Crippen LogP contribution in [-0.2, 0) is 11.2 Å². The minimum atomic E-state index is -0.637. The molecule has 7 heteroatoms. The number of fused-ring (bicyclic) bond motifs is 1. The van der Waals surface area contributed by atoms with E-state index in [-0.39, 0.29) is 17.0 Å². The highest BCUT2D eigenvalue weighted by molar-refractivity contribution is 6.09. The number of nitriles is 1. The van der Waals surface area contributed by atoms with E-state index in [1.165, 1.54) is 10.5 Å². The normalized spacial score (nSPS) is 11.1. The molecule has 0 aliphatic heterocycles. The quantitative estimate of drug-likeness (QED) is 0.333. The maximum Gasteiger partial charge on any atom is 0.269 e. The van der Waals surface area contributed by atoms with Gasteiger partial charge in [-0.15, -0.1) is 0 Å². The fraction of sp³-hybridized carbons (Fsp3) is 0.111. The molecule has 0 radical (unpaired) electrons. The van der Waals surface area contributed by atoms with Crippen molar-refractivity contribution in [1.82, 2.24) is 9.38 Å². The van der Waals surface area contributed by atoms with Crippen molar-refractivity contribution < 1.29 is 9.53 Å². The Morgan fingerprint density at radius 1 is 1.12 bits per heavy atom. The maximum atomic E-state index is 13.3. The van der Waals surface area contributed by atoms with Crippen LogP contribution >= 0.6 is 0 Å². The lowest BCUT2D eigenvalue weighted by Crippen LogP contribution is -2.20.